The van der Waals surface area contributed by atoms with E-state index in [1.807, 2.05) is 0 Å². The Morgan fingerprint density at radius 3 is 2.47 bits per heavy atom. The maximum Gasteiger partial charge on any atom is 0.453 e. The average molecular weight is 274 g/mol. The summed E-state index contributed by atoms with van der Waals surface area (Å²) in [4.78, 5) is 14.9. The van der Waals surface area contributed by atoms with Gasteiger partial charge in [0.1, 0.15) is 0 Å². The highest BCUT2D eigenvalue weighted by Crippen LogP contribution is 2.26. The molecule has 2 heterocycles. The molecule has 2 aromatic rings. The first-order chi connectivity index (χ1) is 8.77. The molecule has 10 heteroatoms. The molecule has 0 saturated heterocycles. The third-order valence-corrected chi connectivity index (χ3v) is 2.19. The fourth-order valence-corrected chi connectivity index (χ4v) is 1.32. The fourth-order valence-electron chi connectivity index (χ4n) is 1.32. The summed E-state index contributed by atoms with van der Waals surface area (Å²) < 4.78 is 39.4. The van der Waals surface area contributed by atoms with E-state index in [0.29, 0.717) is 0 Å². The van der Waals surface area contributed by atoms with E-state index in [0.717, 1.165) is 4.68 Å². The first-order valence-electron chi connectivity index (χ1n) is 5.06. The van der Waals surface area contributed by atoms with Crippen molar-refractivity contribution in [3.05, 3.63) is 23.8 Å². The molecule has 0 radical (unpaired) electrons. The highest BCUT2D eigenvalue weighted by Gasteiger charge is 2.37. The maximum absolute atomic E-state index is 12.4. The molecule has 1 N–H and O–H groups in total. The van der Waals surface area contributed by atoms with Crippen LogP contribution in [0.25, 0.3) is 0 Å². The van der Waals surface area contributed by atoms with Gasteiger partial charge in [0, 0.05) is 20.3 Å². The number of nitrogens with one attached hydrogen (secondary N) is 1. The van der Waals surface area contributed by atoms with Crippen LogP contribution in [-0.2, 0) is 20.3 Å². The highest BCUT2D eigenvalue weighted by atomic mass is 19.4. The first-order valence-corrected chi connectivity index (χ1v) is 5.06. The molecule has 2 aromatic heterocycles. The van der Waals surface area contributed by atoms with Gasteiger partial charge in [0.05, 0.1) is 0 Å². The number of aryl methyl sites for hydroxylation is 2. The number of nitrogens with zero attached hydrogens (tertiary/aromatic N) is 5. The summed E-state index contributed by atoms with van der Waals surface area (Å²) in [5, 5.41) is 9.20. The zero-order valence-electron chi connectivity index (χ0n) is 9.93. The van der Waals surface area contributed by atoms with Crippen molar-refractivity contribution in [2.24, 2.45) is 14.1 Å². The lowest BCUT2D eigenvalue weighted by Gasteiger charge is -2.00. The number of halogens is 3. The summed E-state index contributed by atoms with van der Waals surface area (Å²) in [5.74, 6) is -2.28. The number of amides is 1. The fraction of sp³-hybridized carbons (Fsp3) is 0.333. The number of alkyl halides is 3. The van der Waals surface area contributed by atoms with Crippen LogP contribution in [-0.4, -0.2) is 30.5 Å². The normalized spacial score (nSPS) is 11.6. The van der Waals surface area contributed by atoms with Gasteiger partial charge in [0.25, 0.3) is 11.7 Å². The van der Waals surface area contributed by atoms with Crippen LogP contribution in [0, 0.1) is 0 Å². The lowest BCUT2D eigenvalue weighted by molar-refractivity contribution is -0.144. The topological polar surface area (TPSA) is 77.6 Å². The van der Waals surface area contributed by atoms with Crippen LogP contribution < -0.4 is 5.32 Å². The second-order valence-electron chi connectivity index (χ2n) is 3.71. The van der Waals surface area contributed by atoms with E-state index < -0.39 is 17.9 Å². The third-order valence-electron chi connectivity index (χ3n) is 2.19. The van der Waals surface area contributed by atoms with Crippen molar-refractivity contribution in [1.29, 1.82) is 0 Å². The molecule has 7 nitrogen and oxygen atoms in total. The number of hydrogen-bond acceptors (Lipinski definition) is 4. The highest BCUT2D eigenvalue weighted by molar-refractivity contribution is 6.01. The van der Waals surface area contributed by atoms with E-state index in [1.54, 1.807) is 7.05 Å². The molecule has 0 saturated carbocycles. The molecule has 19 heavy (non-hydrogen) atoms. The van der Waals surface area contributed by atoms with Crippen molar-refractivity contribution < 1.29 is 18.0 Å². The van der Waals surface area contributed by atoms with E-state index in [4.69, 9.17) is 0 Å². The number of carbonyl (C=O) groups excluding carboxylic acids is 1. The Labute approximate surface area is 105 Å². The quantitative estimate of drug-likeness (QED) is 0.879. The zero-order chi connectivity index (χ0) is 14.2. The Kier molecular flexibility index (Phi) is 3.00. The average Bonchev–Trinajstić information content (AvgIpc) is 2.85. The lowest BCUT2D eigenvalue weighted by Crippen LogP contribution is -2.16. The van der Waals surface area contributed by atoms with Gasteiger partial charge in [-0.15, -0.1) is 5.10 Å². The Morgan fingerprint density at radius 1 is 1.32 bits per heavy atom. The Bertz CT molecular complexity index is 614. The molecule has 0 spiro atoms. The van der Waals surface area contributed by atoms with Crippen molar-refractivity contribution >= 4 is 11.9 Å². The van der Waals surface area contributed by atoms with Gasteiger partial charge >= 0.3 is 6.18 Å². The van der Waals surface area contributed by atoms with Crippen LogP contribution in [0.4, 0.5) is 19.1 Å². The summed E-state index contributed by atoms with van der Waals surface area (Å²) >= 11 is 0. The van der Waals surface area contributed by atoms with Crippen molar-refractivity contribution in [2.45, 2.75) is 6.18 Å². The SMILES string of the molecule is Cn1ccc(C(=O)Nc2nc(C(F)(F)F)nn2C)n1. The molecule has 0 atom stereocenters. The van der Waals surface area contributed by atoms with Crippen molar-refractivity contribution in [3.8, 4) is 0 Å². The molecule has 102 valence electrons. The molecule has 0 aromatic carbocycles. The van der Waals surface area contributed by atoms with Crippen molar-refractivity contribution in [1.82, 2.24) is 24.5 Å². The van der Waals surface area contributed by atoms with E-state index in [1.165, 1.54) is 24.0 Å². The van der Waals surface area contributed by atoms with Crippen molar-refractivity contribution in [3.63, 3.8) is 0 Å². The summed E-state index contributed by atoms with van der Waals surface area (Å²) in [6.07, 6.45) is -3.13. The number of anilines is 1. The zero-order valence-corrected chi connectivity index (χ0v) is 9.93. The van der Waals surface area contributed by atoms with Gasteiger partial charge in [-0.2, -0.15) is 23.3 Å². The second-order valence-corrected chi connectivity index (χ2v) is 3.71. The van der Waals surface area contributed by atoms with Crippen LogP contribution >= 0.6 is 0 Å². The van der Waals surface area contributed by atoms with Crippen LogP contribution in [0.2, 0.25) is 0 Å². The number of carbonyl (C=O) groups is 1. The minimum absolute atomic E-state index is 0.0686. The van der Waals surface area contributed by atoms with Crippen LogP contribution in [0.5, 0.6) is 0 Å². The molecule has 1 amide bonds. The minimum atomic E-state index is -4.66. The number of rotatable bonds is 2. The van der Waals surface area contributed by atoms with Gasteiger partial charge in [0.15, 0.2) is 5.69 Å². The van der Waals surface area contributed by atoms with Crippen molar-refractivity contribution in [2.75, 3.05) is 5.32 Å². The van der Waals surface area contributed by atoms with E-state index in [2.05, 4.69) is 20.5 Å². The van der Waals surface area contributed by atoms with E-state index in [-0.39, 0.29) is 11.6 Å². The van der Waals surface area contributed by atoms with E-state index in [9.17, 15) is 18.0 Å². The lowest BCUT2D eigenvalue weighted by atomic mass is 10.4. The summed E-state index contributed by atoms with van der Waals surface area (Å²) in [6, 6.07) is 1.43. The largest absolute Gasteiger partial charge is 0.453 e. The molecule has 2 rings (SSSR count). The third kappa shape index (κ3) is 2.72. The molecular weight excluding hydrogens is 265 g/mol. The monoisotopic (exact) mass is 274 g/mol. The van der Waals surface area contributed by atoms with Gasteiger partial charge in [-0.1, -0.05) is 0 Å². The summed E-state index contributed by atoms with van der Waals surface area (Å²) in [7, 11) is 2.86. The first kappa shape index (κ1) is 13.1. The summed E-state index contributed by atoms with van der Waals surface area (Å²) in [6.45, 7) is 0. The Balaban J connectivity index is 2.20. The van der Waals surface area contributed by atoms with Crippen LogP contribution in [0.3, 0.4) is 0 Å². The smallest absolute Gasteiger partial charge is 0.289 e. The Hall–Kier alpha value is -2.39. The number of hydrogen-bond donors (Lipinski definition) is 1. The molecule has 0 unspecified atom stereocenters. The molecule has 0 bridgehead atoms. The standard InChI is InChI=1S/C9H9F3N6O/c1-17-4-3-5(15-17)6(19)13-8-14-7(9(10,11)12)16-18(8)2/h3-4H,1-2H3,(H,13,14,16,19). The molecule has 0 aliphatic carbocycles. The van der Waals surface area contributed by atoms with Gasteiger partial charge in [-0.05, 0) is 6.07 Å². The number of aromatic nitrogens is 5. The van der Waals surface area contributed by atoms with E-state index >= 15 is 0 Å². The van der Waals surface area contributed by atoms with Gasteiger partial charge < -0.3 is 0 Å². The predicted octanol–water partition coefficient (Wildman–Crippen LogP) is 0.820. The van der Waals surface area contributed by atoms with Gasteiger partial charge in [0.2, 0.25) is 5.95 Å². The van der Waals surface area contributed by atoms with Gasteiger partial charge in [-0.25, -0.2) is 4.68 Å². The predicted molar refractivity (Wildman–Crippen MR) is 57.2 cm³/mol. The molecule has 0 aliphatic rings. The molecular formula is C9H9F3N6O. The second kappa shape index (κ2) is 4.37. The molecule has 0 fully saturated rings. The summed E-state index contributed by atoms with van der Waals surface area (Å²) in [5.41, 5.74) is 0.0686. The maximum atomic E-state index is 12.4. The van der Waals surface area contributed by atoms with Crippen LogP contribution in [0.15, 0.2) is 12.3 Å². The molecule has 0 aliphatic heterocycles. The minimum Gasteiger partial charge on any atom is -0.289 e. The Morgan fingerprint density at radius 2 is 2.00 bits per heavy atom. The van der Waals surface area contributed by atoms with Gasteiger partial charge in [-0.3, -0.25) is 14.8 Å². The van der Waals surface area contributed by atoms with Crippen LogP contribution in [0.1, 0.15) is 16.3 Å².